The van der Waals surface area contributed by atoms with E-state index in [1.807, 2.05) is 0 Å². The molecule has 1 atom stereocenters. The third kappa shape index (κ3) is 4.25. The highest BCUT2D eigenvalue weighted by molar-refractivity contribution is 7.89. The Morgan fingerprint density at radius 3 is 2.41 bits per heavy atom. The van der Waals surface area contributed by atoms with E-state index in [4.69, 9.17) is 0 Å². The van der Waals surface area contributed by atoms with Gasteiger partial charge in [-0.2, -0.15) is 23.2 Å². The Hall–Kier alpha value is -3.04. The van der Waals surface area contributed by atoms with Gasteiger partial charge in [0.05, 0.1) is 22.5 Å². The largest absolute Gasteiger partial charge is 0.404 e. The first-order valence-electron chi connectivity index (χ1n) is 10.4. The molecule has 0 spiro atoms. The Kier molecular flexibility index (Phi) is 6.12. The molecule has 6 nitrogen and oxygen atoms in total. The number of hydrogen-bond acceptors (Lipinski definition) is 4. The van der Waals surface area contributed by atoms with Crippen LogP contribution in [0, 0.1) is 11.3 Å². The van der Waals surface area contributed by atoms with Crippen LogP contribution in [0.5, 0.6) is 0 Å². The van der Waals surface area contributed by atoms with Crippen LogP contribution in [0.3, 0.4) is 0 Å². The highest BCUT2D eigenvalue weighted by Crippen LogP contribution is 2.43. The number of aromatic nitrogens is 2. The molecule has 1 aliphatic carbocycles. The summed E-state index contributed by atoms with van der Waals surface area (Å²) in [6.07, 6.45) is -4.08. The fourth-order valence-electron chi connectivity index (χ4n) is 3.90. The van der Waals surface area contributed by atoms with Gasteiger partial charge in [0.15, 0.2) is 0 Å². The lowest BCUT2D eigenvalue weighted by atomic mass is 9.92. The average Bonchev–Trinajstić information content (AvgIpc) is 3.05. The van der Waals surface area contributed by atoms with E-state index in [0.717, 1.165) is 31.5 Å². The average molecular weight is 498 g/mol. The summed E-state index contributed by atoms with van der Waals surface area (Å²) in [5.74, 6) is 0. The number of hydrogen-bond donors (Lipinski definition) is 1. The molecule has 3 aromatic rings. The molecule has 34 heavy (non-hydrogen) atoms. The Labute approximate surface area is 192 Å². The van der Waals surface area contributed by atoms with Crippen molar-refractivity contribution in [1.29, 1.82) is 5.26 Å². The molecule has 0 amide bonds. The molecule has 4 rings (SSSR count). The number of benzene rings is 1. The summed E-state index contributed by atoms with van der Waals surface area (Å²) in [5.41, 5.74) is 1.03. The standard InChI is InChI=1S/C22H19F5N4O2S/c1-12(22(25,26)27)30-34(32,33)15-6-8-18(29-11-15)20-17(10-28)16-7-5-13(21(23)24)9-19(16)31(20)14-3-2-4-14/h5-9,11-12,14,21,30H,2-4H2,1H3/t12-/m0/s1. The fraction of sp³-hybridized carbons (Fsp3) is 0.364. The number of nitrogens with zero attached hydrogens (tertiary/aromatic N) is 3. The van der Waals surface area contributed by atoms with E-state index in [9.17, 15) is 35.6 Å². The Bertz CT molecular complexity index is 1370. The van der Waals surface area contributed by atoms with Crippen LogP contribution >= 0.6 is 0 Å². The van der Waals surface area contributed by atoms with Gasteiger partial charge < -0.3 is 4.57 Å². The van der Waals surface area contributed by atoms with Gasteiger partial charge in [0.2, 0.25) is 10.0 Å². The van der Waals surface area contributed by atoms with E-state index >= 15 is 0 Å². The zero-order valence-electron chi connectivity index (χ0n) is 17.8. The summed E-state index contributed by atoms with van der Waals surface area (Å²) in [4.78, 5) is 3.65. The number of nitriles is 1. The summed E-state index contributed by atoms with van der Waals surface area (Å²) in [5, 5.41) is 10.3. The first-order chi connectivity index (χ1) is 15.9. The molecule has 12 heteroatoms. The first-order valence-corrected chi connectivity index (χ1v) is 11.8. The molecule has 0 bridgehead atoms. The van der Waals surface area contributed by atoms with Crippen LogP contribution in [0.25, 0.3) is 22.3 Å². The summed E-state index contributed by atoms with van der Waals surface area (Å²) in [6.45, 7) is 0.684. The maximum Gasteiger partial charge on any atom is 0.404 e. The second-order valence-corrected chi connectivity index (χ2v) is 9.85. The van der Waals surface area contributed by atoms with Crippen LogP contribution < -0.4 is 4.72 Å². The summed E-state index contributed by atoms with van der Waals surface area (Å²) in [6, 6.07) is 6.18. The maximum atomic E-state index is 13.3. The van der Waals surface area contributed by atoms with Gasteiger partial charge in [-0.25, -0.2) is 17.2 Å². The third-order valence-corrected chi connectivity index (χ3v) is 7.47. The van der Waals surface area contributed by atoms with E-state index in [0.29, 0.717) is 23.5 Å². The highest BCUT2D eigenvalue weighted by Gasteiger charge is 2.39. The number of sulfonamides is 1. The van der Waals surface area contributed by atoms with Crippen LogP contribution in [-0.4, -0.2) is 30.2 Å². The van der Waals surface area contributed by atoms with Crippen molar-refractivity contribution in [2.45, 2.75) is 55.8 Å². The Balaban J connectivity index is 1.82. The zero-order chi connectivity index (χ0) is 24.8. The van der Waals surface area contributed by atoms with E-state index in [1.54, 1.807) is 9.29 Å². The van der Waals surface area contributed by atoms with Crippen LogP contribution in [0.4, 0.5) is 22.0 Å². The molecular weight excluding hydrogens is 479 g/mol. The molecule has 1 aromatic carbocycles. The molecule has 1 N–H and O–H groups in total. The highest BCUT2D eigenvalue weighted by atomic mass is 32.2. The maximum absolute atomic E-state index is 13.3. The predicted molar refractivity (Wildman–Crippen MR) is 114 cm³/mol. The van der Waals surface area contributed by atoms with Crippen molar-refractivity contribution in [3.8, 4) is 17.5 Å². The van der Waals surface area contributed by atoms with Crippen molar-refractivity contribution >= 4 is 20.9 Å². The van der Waals surface area contributed by atoms with E-state index in [-0.39, 0.29) is 22.9 Å². The molecular formula is C22H19F5N4O2S. The summed E-state index contributed by atoms with van der Waals surface area (Å²) >= 11 is 0. The molecule has 2 aromatic heterocycles. The van der Waals surface area contributed by atoms with Gasteiger partial charge in [-0.05, 0) is 44.4 Å². The SMILES string of the molecule is C[C@H](NS(=O)(=O)c1ccc(-c2c(C#N)c3ccc(C(F)F)cc3n2C2CCC2)nc1)C(F)(F)F. The molecule has 180 valence electrons. The minimum Gasteiger partial charge on any atom is -0.335 e. The van der Waals surface area contributed by atoms with Crippen molar-refractivity contribution in [2.75, 3.05) is 0 Å². The third-order valence-electron chi connectivity index (χ3n) is 5.94. The van der Waals surface area contributed by atoms with Crippen LogP contribution in [0.15, 0.2) is 41.4 Å². The van der Waals surface area contributed by atoms with E-state index in [1.165, 1.54) is 24.3 Å². The lowest BCUT2D eigenvalue weighted by molar-refractivity contribution is -0.147. The minimum atomic E-state index is -4.76. The molecule has 2 heterocycles. The van der Waals surface area contributed by atoms with Gasteiger partial charge in [0.1, 0.15) is 17.0 Å². The van der Waals surface area contributed by atoms with Gasteiger partial charge >= 0.3 is 6.18 Å². The van der Waals surface area contributed by atoms with Gasteiger partial charge in [-0.15, -0.1) is 0 Å². The quantitative estimate of drug-likeness (QED) is 0.457. The summed E-state index contributed by atoms with van der Waals surface area (Å²) < 4.78 is 93.1. The summed E-state index contributed by atoms with van der Waals surface area (Å²) in [7, 11) is -4.50. The Morgan fingerprint density at radius 1 is 1.21 bits per heavy atom. The van der Waals surface area contributed by atoms with E-state index in [2.05, 4.69) is 11.1 Å². The van der Waals surface area contributed by atoms with Crippen molar-refractivity contribution < 1.29 is 30.4 Å². The number of alkyl halides is 5. The second kappa shape index (κ2) is 8.63. The topological polar surface area (TPSA) is 87.8 Å². The molecule has 1 aliphatic rings. The number of rotatable bonds is 6. The lowest BCUT2D eigenvalue weighted by Gasteiger charge is -2.30. The normalized spacial score (nSPS) is 15.9. The fourth-order valence-corrected chi connectivity index (χ4v) is 5.07. The number of nitrogens with one attached hydrogen (secondary N) is 1. The molecule has 0 saturated heterocycles. The van der Waals surface area contributed by atoms with Gasteiger partial charge in [0, 0.05) is 23.2 Å². The molecule has 0 aliphatic heterocycles. The predicted octanol–water partition coefficient (Wildman–Crippen LogP) is 5.47. The monoisotopic (exact) mass is 498 g/mol. The van der Waals surface area contributed by atoms with Crippen molar-refractivity contribution in [3.05, 3.63) is 47.7 Å². The second-order valence-electron chi connectivity index (χ2n) is 8.13. The van der Waals surface area contributed by atoms with Gasteiger partial charge in [0.25, 0.3) is 6.43 Å². The van der Waals surface area contributed by atoms with Crippen LogP contribution in [0.1, 0.15) is 49.8 Å². The number of pyridine rings is 1. The molecule has 0 radical (unpaired) electrons. The van der Waals surface area contributed by atoms with Crippen LogP contribution in [-0.2, 0) is 10.0 Å². The lowest BCUT2D eigenvalue weighted by Crippen LogP contribution is -2.42. The number of halogens is 5. The smallest absolute Gasteiger partial charge is 0.335 e. The van der Waals surface area contributed by atoms with Crippen molar-refractivity contribution in [3.63, 3.8) is 0 Å². The minimum absolute atomic E-state index is 0.0490. The van der Waals surface area contributed by atoms with Gasteiger partial charge in [-0.3, -0.25) is 4.98 Å². The van der Waals surface area contributed by atoms with Crippen molar-refractivity contribution in [1.82, 2.24) is 14.3 Å². The van der Waals surface area contributed by atoms with Crippen molar-refractivity contribution in [2.24, 2.45) is 0 Å². The molecule has 1 saturated carbocycles. The Morgan fingerprint density at radius 2 is 1.91 bits per heavy atom. The van der Waals surface area contributed by atoms with E-state index < -0.39 is 33.6 Å². The van der Waals surface area contributed by atoms with Crippen LogP contribution in [0.2, 0.25) is 0 Å². The molecule has 1 fully saturated rings. The first kappa shape index (κ1) is 24.1. The van der Waals surface area contributed by atoms with Gasteiger partial charge in [-0.1, -0.05) is 12.1 Å². The molecule has 0 unspecified atom stereocenters. The number of fused-ring (bicyclic) bond motifs is 1. The zero-order valence-corrected chi connectivity index (χ0v) is 18.6.